The average molecular weight is 355 g/mol. The molecule has 0 aliphatic carbocycles. The SMILES string of the molecule is O=C(O)c1ccc(OCC(F)(F)C(F)(F)C(F)(F)F)cc1Cl. The van der Waals surface area contributed by atoms with Gasteiger partial charge in [-0.25, -0.2) is 4.79 Å². The van der Waals surface area contributed by atoms with Gasteiger partial charge >= 0.3 is 24.0 Å². The highest BCUT2D eigenvalue weighted by molar-refractivity contribution is 6.33. The minimum absolute atomic E-state index is 0.429. The van der Waals surface area contributed by atoms with Gasteiger partial charge in [-0.1, -0.05) is 11.6 Å². The smallest absolute Gasteiger partial charge is 0.460 e. The van der Waals surface area contributed by atoms with Gasteiger partial charge in [-0.3, -0.25) is 0 Å². The predicted octanol–water partition coefficient (Wildman–Crippen LogP) is 4.25. The zero-order valence-electron chi connectivity index (χ0n) is 10.2. The van der Waals surface area contributed by atoms with Crippen molar-refractivity contribution in [3.05, 3.63) is 28.8 Å². The van der Waals surface area contributed by atoms with Crippen LogP contribution in [0.25, 0.3) is 0 Å². The number of ether oxygens (including phenoxy) is 1. The molecule has 1 aromatic rings. The van der Waals surface area contributed by atoms with Gasteiger partial charge in [0.2, 0.25) is 0 Å². The fourth-order valence-electron chi connectivity index (χ4n) is 1.23. The first-order valence-corrected chi connectivity index (χ1v) is 5.65. The van der Waals surface area contributed by atoms with E-state index in [0.29, 0.717) is 6.07 Å². The number of carboxylic acid groups (broad SMARTS) is 1. The lowest BCUT2D eigenvalue weighted by atomic mass is 10.1. The quantitative estimate of drug-likeness (QED) is 0.804. The van der Waals surface area contributed by atoms with Crippen LogP contribution in [0, 0.1) is 0 Å². The van der Waals surface area contributed by atoms with Crippen LogP contribution in [0.5, 0.6) is 5.75 Å². The van der Waals surface area contributed by atoms with Crippen LogP contribution in [-0.4, -0.2) is 35.7 Å². The molecule has 22 heavy (non-hydrogen) atoms. The summed E-state index contributed by atoms with van der Waals surface area (Å²) in [5.74, 6) is -13.9. The van der Waals surface area contributed by atoms with E-state index in [9.17, 15) is 35.5 Å². The zero-order chi connectivity index (χ0) is 17.3. The zero-order valence-corrected chi connectivity index (χ0v) is 11.0. The maximum atomic E-state index is 13.0. The number of carbonyl (C=O) groups is 1. The van der Waals surface area contributed by atoms with Gasteiger partial charge in [0.1, 0.15) is 5.75 Å². The standard InChI is InChI=1S/C11H6ClF7O3/c12-7-3-5(1-2-6(7)8(20)21)22-4-9(13,14)10(15,16)11(17,18)19/h1-3H,4H2,(H,20,21). The van der Waals surface area contributed by atoms with E-state index in [2.05, 4.69) is 4.74 Å². The van der Waals surface area contributed by atoms with E-state index < -0.39 is 46.9 Å². The molecule has 0 unspecified atom stereocenters. The summed E-state index contributed by atoms with van der Waals surface area (Å²) in [6, 6.07) is 2.31. The Labute approximate surface area is 123 Å². The van der Waals surface area contributed by atoms with Crippen molar-refractivity contribution >= 4 is 17.6 Å². The van der Waals surface area contributed by atoms with Crippen molar-refractivity contribution in [2.45, 2.75) is 18.0 Å². The largest absolute Gasteiger partial charge is 0.487 e. The molecular weight excluding hydrogens is 349 g/mol. The Morgan fingerprint density at radius 1 is 1.14 bits per heavy atom. The van der Waals surface area contributed by atoms with Crippen LogP contribution < -0.4 is 4.74 Å². The monoisotopic (exact) mass is 354 g/mol. The van der Waals surface area contributed by atoms with Crippen LogP contribution in [0.3, 0.4) is 0 Å². The molecule has 0 aromatic heterocycles. The summed E-state index contributed by atoms with van der Waals surface area (Å²) in [7, 11) is 0. The summed E-state index contributed by atoms with van der Waals surface area (Å²) in [5.41, 5.74) is -0.429. The van der Waals surface area contributed by atoms with Gasteiger partial charge in [0, 0.05) is 0 Å². The molecule has 0 heterocycles. The first kappa shape index (κ1) is 18.3. The molecule has 0 aliphatic rings. The van der Waals surface area contributed by atoms with Crippen LogP contribution in [0.4, 0.5) is 30.7 Å². The van der Waals surface area contributed by atoms with E-state index in [0.717, 1.165) is 12.1 Å². The summed E-state index contributed by atoms with van der Waals surface area (Å²) < 4.78 is 91.0. The number of hydrogen-bond donors (Lipinski definition) is 1. The van der Waals surface area contributed by atoms with Crippen LogP contribution in [0.2, 0.25) is 5.02 Å². The normalized spacial score (nSPS) is 13.1. The predicted molar refractivity (Wildman–Crippen MR) is 59.9 cm³/mol. The summed E-state index contributed by atoms with van der Waals surface area (Å²) in [4.78, 5) is 10.6. The van der Waals surface area contributed by atoms with Gasteiger partial charge in [0.15, 0.2) is 6.61 Å². The van der Waals surface area contributed by atoms with Crippen LogP contribution >= 0.6 is 11.6 Å². The van der Waals surface area contributed by atoms with E-state index in [1.165, 1.54) is 0 Å². The van der Waals surface area contributed by atoms with E-state index in [1.54, 1.807) is 0 Å². The third-order valence-electron chi connectivity index (χ3n) is 2.41. The molecule has 0 spiro atoms. The molecular formula is C11H6ClF7O3. The van der Waals surface area contributed by atoms with Crippen molar-refractivity contribution in [3.8, 4) is 5.75 Å². The lowest BCUT2D eigenvalue weighted by Gasteiger charge is -2.27. The second kappa shape index (κ2) is 5.82. The Balaban J connectivity index is 2.90. The number of halogens is 8. The maximum absolute atomic E-state index is 13.0. The fourth-order valence-corrected chi connectivity index (χ4v) is 1.48. The number of hydrogen-bond acceptors (Lipinski definition) is 2. The molecule has 124 valence electrons. The van der Waals surface area contributed by atoms with Gasteiger partial charge in [-0.2, -0.15) is 30.7 Å². The molecule has 1 N–H and O–H groups in total. The molecule has 11 heteroatoms. The molecule has 0 amide bonds. The second-order valence-electron chi connectivity index (χ2n) is 4.01. The molecule has 1 rings (SSSR count). The molecule has 0 atom stereocenters. The van der Waals surface area contributed by atoms with Crippen molar-refractivity contribution in [2.75, 3.05) is 6.61 Å². The highest BCUT2D eigenvalue weighted by atomic mass is 35.5. The van der Waals surface area contributed by atoms with Gasteiger partial charge in [0.05, 0.1) is 10.6 Å². The van der Waals surface area contributed by atoms with E-state index >= 15 is 0 Å². The number of carboxylic acids is 1. The second-order valence-corrected chi connectivity index (χ2v) is 4.42. The van der Waals surface area contributed by atoms with Gasteiger partial charge < -0.3 is 9.84 Å². The van der Waals surface area contributed by atoms with Gasteiger partial charge in [-0.05, 0) is 18.2 Å². The molecule has 0 saturated heterocycles. The van der Waals surface area contributed by atoms with E-state index in [1.807, 2.05) is 0 Å². The highest BCUT2D eigenvalue weighted by Gasteiger charge is 2.73. The molecule has 0 saturated carbocycles. The highest BCUT2D eigenvalue weighted by Crippen LogP contribution is 2.46. The third kappa shape index (κ3) is 3.54. The Morgan fingerprint density at radius 3 is 2.09 bits per heavy atom. The van der Waals surface area contributed by atoms with Crippen molar-refractivity contribution in [2.24, 2.45) is 0 Å². The molecule has 0 fully saturated rings. The Kier molecular flexibility index (Phi) is 4.85. The topological polar surface area (TPSA) is 46.5 Å². The lowest BCUT2D eigenvalue weighted by molar-refractivity contribution is -0.358. The summed E-state index contributed by atoms with van der Waals surface area (Å²) >= 11 is 5.46. The van der Waals surface area contributed by atoms with Crippen LogP contribution in [-0.2, 0) is 0 Å². The minimum Gasteiger partial charge on any atom is -0.487 e. The fraction of sp³-hybridized carbons (Fsp3) is 0.364. The van der Waals surface area contributed by atoms with E-state index in [4.69, 9.17) is 16.7 Å². The lowest BCUT2D eigenvalue weighted by Crippen LogP contribution is -2.54. The third-order valence-corrected chi connectivity index (χ3v) is 2.72. The Bertz CT molecular complexity index is 571. The molecule has 0 radical (unpaired) electrons. The first-order chi connectivity index (χ1) is 9.79. The first-order valence-electron chi connectivity index (χ1n) is 5.27. The Hall–Kier alpha value is -1.71. The van der Waals surface area contributed by atoms with Crippen molar-refractivity contribution < 1.29 is 45.4 Å². The number of benzene rings is 1. The van der Waals surface area contributed by atoms with Gasteiger partial charge in [0.25, 0.3) is 0 Å². The maximum Gasteiger partial charge on any atom is 0.460 e. The van der Waals surface area contributed by atoms with Crippen LogP contribution in [0.1, 0.15) is 10.4 Å². The molecule has 3 nitrogen and oxygen atoms in total. The summed E-state index contributed by atoms with van der Waals surface area (Å²) in [6.07, 6.45) is -6.45. The van der Waals surface area contributed by atoms with Crippen molar-refractivity contribution in [1.29, 1.82) is 0 Å². The van der Waals surface area contributed by atoms with E-state index in [-0.39, 0.29) is 0 Å². The number of alkyl halides is 7. The minimum atomic E-state index is -6.45. The van der Waals surface area contributed by atoms with Crippen LogP contribution in [0.15, 0.2) is 18.2 Å². The van der Waals surface area contributed by atoms with Crippen molar-refractivity contribution in [1.82, 2.24) is 0 Å². The Morgan fingerprint density at radius 2 is 1.68 bits per heavy atom. The summed E-state index contributed by atoms with van der Waals surface area (Å²) in [5, 5.41) is 8.18. The molecule has 1 aromatic carbocycles. The summed E-state index contributed by atoms with van der Waals surface area (Å²) in [6.45, 7) is -2.28. The number of aromatic carboxylic acids is 1. The molecule has 0 aliphatic heterocycles. The van der Waals surface area contributed by atoms with Gasteiger partial charge in [-0.15, -0.1) is 0 Å². The average Bonchev–Trinajstić information content (AvgIpc) is 2.34. The molecule has 0 bridgehead atoms. The number of rotatable bonds is 5. The van der Waals surface area contributed by atoms with Crippen molar-refractivity contribution in [3.63, 3.8) is 0 Å².